The van der Waals surface area contributed by atoms with Gasteiger partial charge in [-0.1, -0.05) is 11.8 Å². The lowest BCUT2D eigenvalue weighted by Crippen LogP contribution is -2.24. The van der Waals surface area contributed by atoms with Gasteiger partial charge in [-0.25, -0.2) is 9.37 Å². The highest BCUT2D eigenvalue weighted by molar-refractivity contribution is 5.94. The van der Waals surface area contributed by atoms with Gasteiger partial charge in [-0.2, -0.15) is 5.10 Å². The number of aryl methyl sites for hydroxylation is 1. The van der Waals surface area contributed by atoms with Crippen molar-refractivity contribution in [2.24, 2.45) is 7.05 Å². The Hall–Kier alpha value is -2.72. The lowest BCUT2D eigenvalue weighted by atomic mass is 10.1. The minimum atomic E-state index is -0.675. The molecule has 0 atom stereocenters. The molecule has 1 amide bonds. The lowest BCUT2D eigenvalue weighted by molar-refractivity contribution is 0.0946. The lowest BCUT2D eigenvalue weighted by Gasteiger charge is -2.04. The number of benzene rings is 1. The van der Waals surface area contributed by atoms with Gasteiger partial charge in [0.2, 0.25) is 0 Å². The molecule has 2 rings (SSSR count). The van der Waals surface area contributed by atoms with Crippen LogP contribution in [-0.4, -0.2) is 32.4 Å². The minimum Gasteiger partial charge on any atom is -0.384 e. The van der Waals surface area contributed by atoms with Crippen molar-refractivity contribution in [3.05, 3.63) is 47.3 Å². The number of carbonyl (C=O) groups is 1. The summed E-state index contributed by atoms with van der Waals surface area (Å²) in [4.78, 5) is 15.8. The van der Waals surface area contributed by atoms with E-state index in [0.717, 1.165) is 6.07 Å². The summed E-state index contributed by atoms with van der Waals surface area (Å²) in [5.41, 5.74) is 0.310. The number of hydrogen-bond donors (Lipinski definition) is 2. The monoisotopic (exact) mass is 288 g/mol. The highest BCUT2D eigenvalue weighted by atomic mass is 19.1. The molecule has 2 N–H and O–H groups in total. The van der Waals surface area contributed by atoms with E-state index < -0.39 is 11.7 Å². The zero-order chi connectivity index (χ0) is 15.2. The molecule has 0 fully saturated rings. The van der Waals surface area contributed by atoms with Crippen LogP contribution in [0.5, 0.6) is 0 Å². The SMILES string of the molecule is Cn1cnc(CNC(=O)c2ccc(C#CCO)cc2F)n1. The molecule has 0 aliphatic rings. The number of carbonyl (C=O) groups excluding carboxylic acids is 1. The average molecular weight is 288 g/mol. The second kappa shape index (κ2) is 6.63. The third-order valence-corrected chi connectivity index (χ3v) is 2.58. The molecular weight excluding hydrogens is 275 g/mol. The summed E-state index contributed by atoms with van der Waals surface area (Å²) < 4.78 is 15.3. The quantitative estimate of drug-likeness (QED) is 0.792. The van der Waals surface area contributed by atoms with E-state index in [9.17, 15) is 9.18 Å². The summed E-state index contributed by atoms with van der Waals surface area (Å²) in [6.45, 7) is -0.188. The largest absolute Gasteiger partial charge is 0.384 e. The summed E-state index contributed by atoms with van der Waals surface area (Å²) in [6, 6.07) is 4.01. The fraction of sp³-hybridized carbons (Fsp3) is 0.214. The third-order valence-electron chi connectivity index (χ3n) is 2.58. The smallest absolute Gasteiger partial charge is 0.254 e. The van der Waals surface area contributed by atoms with Gasteiger partial charge in [0.05, 0.1) is 12.1 Å². The maximum Gasteiger partial charge on any atom is 0.254 e. The van der Waals surface area contributed by atoms with Crippen molar-refractivity contribution in [2.45, 2.75) is 6.54 Å². The molecule has 0 radical (unpaired) electrons. The van der Waals surface area contributed by atoms with Crippen molar-refractivity contribution in [3.63, 3.8) is 0 Å². The zero-order valence-electron chi connectivity index (χ0n) is 11.3. The number of hydrogen-bond acceptors (Lipinski definition) is 4. The van der Waals surface area contributed by atoms with Gasteiger partial charge in [-0.05, 0) is 18.2 Å². The van der Waals surface area contributed by atoms with Crippen molar-refractivity contribution in [1.82, 2.24) is 20.1 Å². The van der Waals surface area contributed by atoms with Crippen LogP contribution in [0.3, 0.4) is 0 Å². The van der Waals surface area contributed by atoms with Gasteiger partial charge in [-0.3, -0.25) is 9.48 Å². The van der Waals surface area contributed by atoms with Gasteiger partial charge < -0.3 is 10.4 Å². The van der Waals surface area contributed by atoms with Crippen LogP contribution in [0.25, 0.3) is 0 Å². The van der Waals surface area contributed by atoms with E-state index in [1.165, 1.54) is 23.1 Å². The summed E-state index contributed by atoms with van der Waals surface area (Å²) in [5, 5.41) is 15.1. The van der Waals surface area contributed by atoms with E-state index in [-0.39, 0.29) is 18.7 Å². The molecular formula is C14H13FN4O2. The third kappa shape index (κ3) is 3.87. The van der Waals surface area contributed by atoms with Crippen LogP contribution in [0.2, 0.25) is 0 Å². The molecule has 0 spiro atoms. The predicted molar refractivity (Wildman–Crippen MR) is 72.5 cm³/mol. The minimum absolute atomic E-state index is 0.0829. The number of nitrogens with zero attached hydrogens (tertiary/aromatic N) is 3. The Morgan fingerprint density at radius 2 is 2.33 bits per heavy atom. The van der Waals surface area contributed by atoms with Crippen molar-refractivity contribution >= 4 is 5.91 Å². The van der Waals surface area contributed by atoms with Crippen LogP contribution in [0.4, 0.5) is 4.39 Å². The van der Waals surface area contributed by atoms with E-state index in [4.69, 9.17) is 5.11 Å². The molecule has 2 aromatic rings. The molecule has 21 heavy (non-hydrogen) atoms. The Morgan fingerprint density at radius 1 is 1.52 bits per heavy atom. The summed E-state index contributed by atoms with van der Waals surface area (Å²) in [5.74, 6) is 4.19. The Labute approximate surface area is 120 Å². The van der Waals surface area contributed by atoms with Gasteiger partial charge in [-0.15, -0.1) is 0 Å². The molecule has 0 saturated carbocycles. The summed E-state index contributed by atoms with van der Waals surface area (Å²) in [6.07, 6.45) is 1.51. The van der Waals surface area contributed by atoms with Crippen molar-refractivity contribution in [1.29, 1.82) is 0 Å². The second-order valence-electron chi connectivity index (χ2n) is 4.17. The first-order valence-electron chi connectivity index (χ1n) is 6.12. The molecule has 108 valence electrons. The summed E-state index contributed by atoms with van der Waals surface area (Å²) in [7, 11) is 1.71. The number of nitrogens with one attached hydrogen (secondary N) is 1. The molecule has 1 aromatic carbocycles. The Kier molecular flexibility index (Phi) is 4.64. The molecule has 0 aliphatic heterocycles. The average Bonchev–Trinajstić information content (AvgIpc) is 2.88. The fourth-order valence-electron chi connectivity index (χ4n) is 1.64. The zero-order valence-corrected chi connectivity index (χ0v) is 11.3. The van der Waals surface area contributed by atoms with E-state index in [1.807, 2.05) is 0 Å². The molecule has 0 bridgehead atoms. The molecule has 0 saturated heterocycles. The fourth-order valence-corrected chi connectivity index (χ4v) is 1.64. The number of amides is 1. The van der Waals surface area contributed by atoms with Crippen molar-refractivity contribution in [3.8, 4) is 11.8 Å². The van der Waals surface area contributed by atoms with Gasteiger partial charge in [0, 0.05) is 12.6 Å². The van der Waals surface area contributed by atoms with E-state index >= 15 is 0 Å². The topological polar surface area (TPSA) is 80.0 Å². The highest BCUT2D eigenvalue weighted by Gasteiger charge is 2.12. The predicted octanol–water partition coefficient (Wildman–Crippen LogP) is 0.228. The molecule has 0 unspecified atom stereocenters. The highest BCUT2D eigenvalue weighted by Crippen LogP contribution is 2.10. The number of rotatable bonds is 3. The molecule has 7 heteroatoms. The van der Waals surface area contributed by atoms with Crippen molar-refractivity contribution < 1.29 is 14.3 Å². The number of aliphatic hydroxyl groups excluding tert-OH is 1. The normalized spacial score (nSPS) is 9.86. The van der Waals surface area contributed by atoms with Crippen LogP contribution in [-0.2, 0) is 13.6 Å². The standard InChI is InChI=1S/C14H13FN4O2/c1-19-9-17-13(18-19)8-16-14(21)11-5-4-10(3-2-6-20)7-12(11)15/h4-5,7,9,20H,6,8H2,1H3,(H,16,21). The Balaban J connectivity index is 2.05. The van der Waals surface area contributed by atoms with Crippen LogP contribution in [0.15, 0.2) is 24.5 Å². The number of aromatic nitrogens is 3. The molecule has 1 aromatic heterocycles. The molecule has 6 nitrogen and oxygen atoms in total. The number of aliphatic hydroxyl groups is 1. The van der Waals surface area contributed by atoms with Crippen LogP contribution in [0.1, 0.15) is 21.7 Å². The number of halogens is 1. The van der Waals surface area contributed by atoms with Crippen molar-refractivity contribution in [2.75, 3.05) is 6.61 Å². The maximum atomic E-state index is 13.8. The molecule has 1 heterocycles. The van der Waals surface area contributed by atoms with Gasteiger partial charge in [0.15, 0.2) is 5.82 Å². The van der Waals surface area contributed by atoms with Crippen LogP contribution < -0.4 is 5.32 Å². The van der Waals surface area contributed by atoms with E-state index in [0.29, 0.717) is 11.4 Å². The van der Waals surface area contributed by atoms with E-state index in [1.54, 1.807) is 7.05 Å². The summed E-state index contributed by atoms with van der Waals surface area (Å²) >= 11 is 0. The first-order valence-corrected chi connectivity index (χ1v) is 6.12. The van der Waals surface area contributed by atoms with Crippen LogP contribution in [0, 0.1) is 17.7 Å². The van der Waals surface area contributed by atoms with E-state index in [2.05, 4.69) is 27.2 Å². The maximum absolute atomic E-state index is 13.8. The first kappa shape index (κ1) is 14.7. The Morgan fingerprint density at radius 3 is 2.95 bits per heavy atom. The van der Waals surface area contributed by atoms with Gasteiger partial charge >= 0.3 is 0 Å². The molecule has 0 aliphatic carbocycles. The Bertz CT molecular complexity index is 715. The van der Waals surface area contributed by atoms with Gasteiger partial charge in [0.25, 0.3) is 5.91 Å². The van der Waals surface area contributed by atoms with Crippen LogP contribution >= 0.6 is 0 Å². The van der Waals surface area contributed by atoms with Gasteiger partial charge in [0.1, 0.15) is 18.8 Å². The second-order valence-corrected chi connectivity index (χ2v) is 4.17. The first-order chi connectivity index (χ1) is 10.1.